The zero-order chi connectivity index (χ0) is 13.2. The van der Waals surface area contributed by atoms with Gasteiger partial charge in [0.05, 0.1) is 6.04 Å². The van der Waals surface area contributed by atoms with E-state index in [4.69, 9.17) is 11.6 Å². The fourth-order valence-electron chi connectivity index (χ4n) is 1.92. The van der Waals surface area contributed by atoms with Crippen molar-refractivity contribution < 1.29 is 9.90 Å². The molecule has 1 aliphatic heterocycles. The lowest BCUT2D eigenvalue weighted by atomic mass is 10.0. The number of rotatable bonds is 3. The summed E-state index contributed by atoms with van der Waals surface area (Å²) in [6, 6.07) is 7.21. The Kier molecular flexibility index (Phi) is 4.20. The van der Waals surface area contributed by atoms with Gasteiger partial charge in [-0.15, -0.1) is 0 Å². The van der Waals surface area contributed by atoms with Crippen LogP contribution in [0.25, 0.3) is 0 Å². The minimum atomic E-state index is -1.21. The van der Waals surface area contributed by atoms with E-state index in [0.717, 1.165) is 11.3 Å². The van der Waals surface area contributed by atoms with Crippen LogP contribution < -0.4 is 5.32 Å². The standard InChI is InChI=1S/C13H16ClNO2S/c1-9(10-3-2-4-11(14)7-10)15-12(16)13(17)5-6-18-8-13/h2-4,7,9,17H,5-6,8H2,1H3,(H,15,16). The quantitative estimate of drug-likeness (QED) is 0.896. The number of thioether (sulfide) groups is 1. The van der Waals surface area contributed by atoms with Crippen molar-refractivity contribution in [3.8, 4) is 0 Å². The zero-order valence-electron chi connectivity index (χ0n) is 10.1. The molecule has 0 aliphatic carbocycles. The van der Waals surface area contributed by atoms with Crippen molar-refractivity contribution in [3.63, 3.8) is 0 Å². The van der Waals surface area contributed by atoms with E-state index in [2.05, 4.69) is 5.32 Å². The largest absolute Gasteiger partial charge is 0.379 e. The molecule has 3 nitrogen and oxygen atoms in total. The van der Waals surface area contributed by atoms with E-state index >= 15 is 0 Å². The van der Waals surface area contributed by atoms with E-state index in [1.54, 1.807) is 17.8 Å². The van der Waals surface area contributed by atoms with Gasteiger partial charge in [0.2, 0.25) is 0 Å². The maximum atomic E-state index is 12.0. The third-order valence-electron chi connectivity index (χ3n) is 3.12. The molecule has 18 heavy (non-hydrogen) atoms. The lowest BCUT2D eigenvalue weighted by molar-refractivity contribution is -0.137. The first-order valence-corrected chi connectivity index (χ1v) is 7.41. The Labute approximate surface area is 116 Å². The molecule has 2 unspecified atom stereocenters. The van der Waals surface area contributed by atoms with Gasteiger partial charge >= 0.3 is 0 Å². The summed E-state index contributed by atoms with van der Waals surface area (Å²) in [4.78, 5) is 12.0. The first-order valence-electron chi connectivity index (χ1n) is 5.88. The summed E-state index contributed by atoms with van der Waals surface area (Å²) >= 11 is 7.52. The van der Waals surface area contributed by atoms with Crippen molar-refractivity contribution in [2.75, 3.05) is 11.5 Å². The number of hydrogen-bond acceptors (Lipinski definition) is 3. The van der Waals surface area contributed by atoms with Crippen LogP contribution in [0.4, 0.5) is 0 Å². The highest BCUT2D eigenvalue weighted by atomic mass is 35.5. The number of carbonyl (C=O) groups is 1. The second kappa shape index (κ2) is 5.51. The average molecular weight is 286 g/mol. The van der Waals surface area contributed by atoms with Gasteiger partial charge in [0.1, 0.15) is 0 Å². The first kappa shape index (κ1) is 13.7. The molecule has 1 aromatic rings. The lowest BCUT2D eigenvalue weighted by Crippen LogP contribution is -2.47. The molecule has 1 aromatic carbocycles. The SMILES string of the molecule is CC(NC(=O)C1(O)CCSC1)c1cccc(Cl)c1. The molecule has 5 heteroatoms. The van der Waals surface area contributed by atoms with Crippen LogP contribution in [0.15, 0.2) is 24.3 Å². The van der Waals surface area contributed by atoms with Gasteiger partial charge in [-0.1, -0.05) is 23.7 Å². The Morgan fingerprint density at radius 1 is 1.61 bits per heavy atom. The van der Waals surface area contributed by atoms with Crippen LogP contribution in [0.1, 0.15) is 24.9 Å². The third kappa shape index (κ3) is 2.99. The van der Waals surface area contributed by atoms with Crippen LogP contribution in [0, 0.1) is 0 Å². The molecule has 1 fully saturated rings. The summed E-state index contributed by atoms with van der Waals surface area (Å²) in [6.45, 7) is 1.88. The molecular weight excluding hydrogens is 270 g/mol. The fourth-order valence-corrected chi connectivity index (χ4v) is 3.36. The smallest absolute Gasteiger partial charge is 0.253 e. The number of halogens is 1. The van der Waals surface area contributed by atoms with Crippen molar-refractivity contribution in [1.29, 1.82) is 0 Å². The van der Waals surface area contributed by atoms with Crippen molar-refractivity contribution in [3.05, 3.63) is 34.9 Å². The van der Waals surface area contributed by atoms with Crippen molar-refractivity contribution in [2.45, 2.75) is 25.0 Å². The molecular formula is C13H16ClNO2S. The van der Waals surface area contributed by atoms with Gasteiger partial charge < -0.3 is 10.4 Å². The number of benzene rings is 1. The number of amides is 1. The molecule has 1 aliphatic rings. The van der Waals surface area contributed by atoms with Crippen molar-refractivity contribution in [2.24, 2.45) is 0 Å². The Bertz CT molecular complexity index is 446. The summed E-state index contributed by atoms with van der Waals surface area (Å²) in [5, 5.41) is 13.6. The van der Waals surface area contributed by atoms with Crippen LogP contribution in [0.5, 0.6) is 0 Å². The first-order chi connectivity index (χ1) is 8.51. The number of nitrogens with one attached hydrogen (secondary N) is 1. The molecule has 0 bridgehead atoms. The third-order valence-corrected chi connectivity index (χ3v) is 4.53. The summed E-state index contributed by atoms with van der Waals surface area (Å²) in [5.74, 6) is 1.01. The number of carbonyl (C=O) groups excluding carboxylic acids is 1. The van der Waals surface area contributed by atoms with Gasteiger partial charge in [-0.2, -0.15) is 11.8 Å². The van der Waals surface area contributed by atoms with Crippen LogP contribution in [-0.4, -0.2) is 28.1 Å². The van der Waals surface area contributed by atoms with Crippen molar-refractivity contribution in [1.82, 2.24) is 5.32 Å². The molecule has 0 spiro atoms. The van der Waals surface area contributed by atoms with E-state index < -0.39 is 5.60 Å². The molecule has 0 saturated carbocycles. The van der Waals surface area contributed by atoms with Crippen LogP contribution in [0.2, 0.25) is 5.02 Å². The highest BCUT2D eigenvalue weighted by Gasteiger charge is 2.39. The maximum absolute atomic E-state index is 12.0. The van der Waals surface area contributed by atoms with E-state index in [9.17, 15) is 9.90 Å². The van der Waals surface area contributed by atoms with Crippen LogP contribution >= 0.6 is 23.4 Å². The summed E-state index contributed by atoms with van der Waals surface area (Å²) in [7, 11) is 0. The summed E-state index contributed by atoms with van der Waals surface area (Å²) in [5.41, 5.74) is -0.276. The Balaban J connectivity index is 2.03. The maximum Gasteiger partial charge on any atom is 0.253 e. The van der Waals surface area contributed by atoms with Gasteiger partial charge in [0, 0.05) is 10.8 Å². The fraction of sp³-hybridized carbons (Fsp3) is 0.462. The summed E-state index contributed by atoms with van der Waals surface area (Å²) in [6.07, 6.45) is 0.520. The predicted octanol–water partition coefficient (Wildman–Crippen LogP) is 2.39. The topological polar surface area (TPSA) is 49.3 Å². The zero-order valence-corrected chi connectivity index (χ0v) is 11.7. The summed E-state index contributed by atoms with van der Waals surface area (Å²) < 4.78 is 0. The van der Waals surface area contributed by atoms with Crippen molar-refractivity contribution >= 4 is 29.3 Å². The van der Waals surface area contributed by atoms with Gasteiger partial charge in [-0.3, -0.25) is 4.79 Å². The van der Waals surface area contributed by atoms with Gasteiger partial charge in [0.25, 0.3) is 5.91 Å². The predicted molar refractivity (Wildman–Crippen MR) is 74.9 cm³/mol. The van der Waals surface area contributed by atoms with E-state index in [0.29, 0.717) is 17.2 Å². The highest BCUT2D eigenvalue weighted by Crippen LogP contribution is 2.28. The molecule has 1 saturated heterocycles. The van der Waals surface area contributed by atoms with Gasteiger partial charge in [-0.05, 0) is 36.8 Å². The normalized spacial score (nSPS) is 24.8. The molecule has 2 rings (SSSR count). The second-order valence-electron chi connectivity index (χ2n) is 4.58. The molecule has 1 heterocycles. The lowest BCUT2D eigenvalue weighted by Gasteiger charge is -2.23. The Hall–Kier alpha value is -0.710. The second-order valence-corrected chi connectivity index (χ2v) is 6.13. The monoisotopic (exact) mass is 285 g/mol. The van der Waals surface area contributed by atoms with Crippen LogP contribution in [-0.2, 0) is 4.79 Å². The number of hydrogen-bond donors (Lipinski definition) is 2. The van der Waals surface area contributed by atoms with Gasteiger partial charge in [0.15, 0.2) is 5.60 Å². The van der Waals surface area contributed by atoms with E-state index in [1.165, 1.54) is 0 Å². The van der Waals surface area contributed by atoms with Crippen LogP contribution in [0.3, 0.4) is 0 Å². The molecule has 2 N–H and O–H groups in total. The average Bonchev–Trinajstić information content (AvgIpc) is 2.77. The molecule has 0 radical (unpaired) electrons. The number of aliphatic hydroxyl groups is 1. The van der Waals surface area contributed by atoms with Gasteiger partial charge in [-0.25, -0.2) is 0 Å². The molecule has 2 atom stereocenters. The minimum absolute atomic E-state index is 0.161. The molecule has 1 amide bonds. The van der Waals surface area contributed by atoms with E-state index in [1.807, 2.05) is 25.1 Å². The minimum Gasteiger partial charge on any atom is -0.379 e. The molecule has 0 aromatic heterocycles. The Morgan fingerprint density at radius 3 is 3.00 bits per heavy atom. The highest BCUT2D eigenvalue weighted by molar-refractivity contribution is 7.99. The van der Waals surface area contributed by atoms with E-state index in [-0.39, 0.29) is 11.9 Å². The molecule has 98 valence electrons. The Morgan fingerprint density at radius 2 is 2.39 bits per heavy atom.